The molecule has 1 aromatic carbocycles. The number of hydrogen-bond acceptors (Lipinski definition) is 2. The molecule has 4 atom stereocenters. The fourth-order valence-corrected chi connectivity index (χ4v) is 3.25. The van der Waals surface area contributed by atoms with Crippen molar-refractivity contribution in [2.24, 2.45) is 17.6 Å². The molecule has 1 aliphatic heterocycles. The largest absolute Gasteiger partial charge is 0.341 e. The van der Waals surface area contributed by atoms with Gasteiger partial charge in [-0.3, -0.25) is 4.79 Å². The van der Waals surface area contributed by atoms with Crippen LogP contribution in [0.3, 0.4) is 0 Å². The molecule has 1 aromatic rings. The first-order valence-electron chi connectivity index (χ1n) is 8.13. The van der Waals surface area contributed by atoms with Gasteiger partial charge in [-0.25, -0.2) is 0 Å². The zero-order chi connectivity index (χ0) is 15.4. The first-order chi connectivity index (χ1) is 10.0. The molecule has 21 heavy (non-hydrogen) atoms. The summed E-state index contributed by atoms with van der Waals surface area (Å²) in [7, 11) is 0. The highest BCUT2D eigenvalue weighted by atomic mass is 16.2. The fourth-order valence-electron chi connectivity index (χ4n) is 3.25. The number of rotatable bonds is 4. The number of amides is 1. The number of nitrogens with zero attached hydrogens (tertiary/aromatic N) is 1. The molecule has 1 heterocycles. The summed E-state index contributed by atoms with van der Waals surface area (Å²) in [6.07, 6.45) is 1.98. The van der Waals surface area contributed by atoms with Gasteiger partial charge in [0, 0.05) is 13.1 Å². The average molecular weight is 288 g/mol. The molecular weight excluding hydrogens is 260 g/mol. The molecule has 0 spiro atoms. The monoisotopic (exact) mass is 288 g/mol. The van der Waals surface area contributed by atoms with E-state index in [0.717, 1.165) is 25.9 Å². The molecule has 0 aromatic heterocycles. The van der Waals surface area contributed by atoms with Crippen molar-refractivity contribution >= 4 is 5.91 Å². The molecule has 1 amide bonds. The maximum Gasteiger partial charge on any atom is 0.239 e. The van der Waals surface area contributed by atoms with E-state index in [4.69, 9.17) is 5.73 Å². The van der Waals surface area contributed by atoms with E-state index in [2.05, 4.69) is 51.1 Å². The quantitative estimate of drug-likeness (QED) is 0.925. The number of hydrogen-bond donors (Lipinski definition) is 1. The van der Waals surface area contributed by atoms with Gasteiger partial charge in [-0.1, -0.05) is 57.5 Å². The van der Waals surface area contributed by atoms with Crippen molar-refractivity contribution in [2.45, 2.75) is 45.6 Å². The van der Waals surface area contributed by atoms with Crippen LogP contribution in [0, 0.1) is 11.8 Å². The standard InChI is InChI=1S/C18H28N2O/c1-4-13(2)17(19)18(21)20-11-10-16(14(3)12-20)15-8-6-5-7-9-15/h5-9,13-14,16-17H,4,10-12,19H2,1-3H3. The second-order valence-corrected chi connectivity index (χ2v) is 6.48. The highest BCUT2D eigenvalue weighted by Crippen LogP contribution is 2.32. The summed E-state index contributed by atoms with van der Waals surface area (Å²) in [5.74, 6) is 1.41. The summed E-state index contributed by atoms with van der Waals surface area (Å²) in [4.78, 5) is 14.5. The van der Waals surface area contributed by atoms with Gasteiger partial charge in [0.05, 0.1) is 6.04 Å². The third-order valence-electron chi connectivity index (χ3n) is 4.99. The lowest BCUT2D eigenvalue weighted by atomic mass is 9.81. The van der Waals surface area contributed by atoms with Crippen LogP contribution in [0.25, 0.3) is 0 Å². The van der Waals surface area contributed by atoms with Gasteiger partial charge in [-0.15, -0.1) is 0 Å². The van der Waals surface area contributed by atoms with Gasteiger partial charge in [-0.2, -0.15) is 0 Å². The normalized spacial score (nSPS) is 25.4. The molecule has 2 N–H and O–H groups in total. The first-order valence-corrected chi connectivity index (χ1v) is 8.13. The van der Waals surface area contributed by atoms with Gasteiger partial charge in [0.25, 0.3) is 0 Å². The van der Waals surface area contributed by atoms with Crippen LogP contribution in [-0.4, -0.2) is 29.9 Å². The number of likely N-dealkylation sites (tertiary alicyclic amines) is 1. The lowest BCUT2D eigenvalue weighted by Crippen LogP contribution is -2.51. The minimum absolute atomic E-state index is 0.128. The second kappa shape index (κ2) is 7.08. The second-order valence-electron chi connectivity index (χ2n) is 6.48. The molecule has 3 heteroatoms. The number of benzene rings is 1. The predicted molar refractivity (Wildman–Crippen MR) is 87.0 cm³/mol. The zero-order valence-corrected chi connectivity index (χ0v) is 13.5. The Morgan fingerprint density at radius 2 is 2.05 bits per heavy atom. The highest BCUT2D eigenvalue weighted by molar-refractivity contribution is 5.82. The van der Waals surface area contributed by atoms with Gasteiger partial charge in [0.15, 0.2) is 0 Å². The summed E-state index contributed by atoms with van der Waals surface area (Å²) in [6, 6.07) is 10.3. The fraction of sp³-hybridized carbons (Fsp3) is 0.611. The van der Waals surface area contributed by atoms with E-state index in [9.17, 15) is 4.79 Å². The van der Waals surface area contributed by atoms with Crippen LogP contribution in [0.4, 0.5) is 0 Å². The number of nitrogens with two attached hydrogens (primary N) is 1. The van der Waals surface area contributed by atoms with Crippen LogP contribution in [-0.2, 0) is 4.79 Å². The Balaban J connectivity index is 1.99. The molecule has 4 unspecified atom stereocenters. The van der Waals surface area contributed by atoms with Crippen molar-refractivity contribution in [3.63, 3.8) is 0 Å². The van der Waals surface area contributed by atoms with Crippen LogP contribution in [0.5, 0.6) is 0 Å². The smallest absolute Gasteiger partial charge is 0.239 e. The Labute approximate surface area is 128 Å². The molecular formula is C18H28N2O. The van der Waals surface area contributed by atoms with Gasteiger partial charge in [0.1, 0.15) is 0 Å². The Bertz CT molecular complexity index is 460. The third kappa shape index (κ3) is 3.65. The van der Waals surface area contributed by atoms with E-state index in [1.165, 1.54) is 5.56 Å². The Hall–Kier alpha value is -1.35. The van der Waals surface area contributed by atoms with Crippen LogP contribution in [0.2, 0.25) is 0 Å². The van der Waals surface area contributed by atoms with E-state index < -0.39 is 0 Å². The topological polar surface area (TPSA) is 46.3 Å². The molecule has 1 aliphatic rings. The molecule has 1 fully saturated rings. The van der Waals surface area contributed by atoms with Crippen molar-refractivity contribution in [1.82, 2.24) is 4.90 Å². The molecule has 1 saturated heterocycles. The molecule has 116 valence electrons. The molecule has 0 bridgehead atoms. The molecule has 0 aliphatic carbocycles. The van der Waals surface area contributed by atoms with Crippen molar-refractivity contribution in [2.75, 3.05) is 13.1 Å². The van der Waals surface area contributed by atoms with Crippen molar-refractivity contribution in [3.8, 4) is 0 Å². The van der Waals surface area contributed by atoms with Crippen LogP contribution < -0.4 is 5.73 Å². The zero-order valence-electron chi connectivity index (χ0n) is 13.5. The van der Waals surface area contributed by atoms with Gasteiger partial charge < -0.3 is 10.6 Å². The maximum atomic E-state index is 12.5. The predicted octanol–water partition coefficient (Wildman–Crippen LogP) is 3.01. The Morgan fingerprint density at radius 3 is 2.62 bits per heavy atom. The summed E-state index contributed by atoms with van der Waals surface area (Å²) in [5.41, 5.74) is 7.49. The van der Waals surface area contributed by atoms with Crippen LogP contribution >= 0.6 is 0 Å². The number of carbonyl (C=O) groups excluding carboxylic acids is 1. The van der Waals surface area contributed by atoms with E-state index in [0.29, 0.717) is 11.8 Å². The van der Waals surface area contributed by atoms with E-state index in [1.807, 2.05) is 4.90 Å². The lowest BCUT2D eigenvalue weighted by molar-refractivity contribution is -0.135. The summed E-state index contributed by atoms with van der Waals surface area (Å²) in [6.45, 7) is 8.03. The summed E-state index contributed by atoms with van der Waals surface area (Å²) in [5, 5.41) is 0. The molecule has 0 saturated carbocycles. The SMILES string of the molecule is CCC(C)C(N)C(=O)N1CCC(c2ccccc2)C(C)C1. The van der Waals surface area contributed by atoms with E-state index in [-0.39, 0.29) is 17.9 Å². The molecule has 3 nitrogen and oxygen atoms in total. The first kappa shape index (κ1) is 16.0. The van der Waals surface area contributed by atoms with Crippen molar-refractivity contribution in [1.29, 1.82) is 0 Å². The lowest BCUT2D eigenvalue weighted by Gasteiger charge is -2.39. The highest BCUT2D eigenvalue weighted by Gasteiger charge is 2.32. The van der Waals surface area contributed by atoms with Crippen molar-refractivity contribution < 1.29 is 4.79 Å². The van der Waals surface area contributed by atoms with Gasteiger partial charge in [-0.05, 0) is 29.7 Å². The van der Waals surface area contributed by atoms with Crippen molar-refractivity contribution in [3.05, 3.63) is 35.9 Å². The minimum Gasteiger partial charge on any atom is -0.341 e. The number of carbonyl (C=O) groups is 1. The average Bonchev–Trinajstić information content (AvgIpc) is 2.53. The van der Waals surface area contributed by atoms with Crippen LogP contribution in [0.15, 0.2) is 30.3 Å². The van der Waals surface area contributed by atoms with Crippen LogP contribution in [0.1, 0.15) is 45.1 Å². The summed E-state index contributed by atoms with van der Waals surface area (Å²) >= 11 is 0. The molecule has 0 radical (unpaired) electrons. The Morgan fingerprint density at radius 1 is 1.38 bits per heavy atom. The molecule has 2 rings (SSSR count). The van der Waals surface area contributed by atoms with Gasteiger partial charge in [0.2, 0.25) is 5.91 Å². The maximum absolute atomic E-state index is 12.5. The van der Waals surface area contributed by atoms with E-state index >= 15 is 0 Å². The summed E-state index contributed by atoms with van der Waals surface area (Å²) < 4.78 is 0. The van der Waals surface area contributed by atoms with E-state index in [1.54, 1.807) is 0 Å². The number of piperidine rings is 1. The Kier molecular flexibility index (Phi) is 5.40. The third-order valence-corrected chi connectivity index (χ3v) is 4.99. The van der Waals surface area contributed by atoms with Gasteiger partial charge >= 0.3 is 0 Å². The minimum atomic E-state index is -0.351.